The summed E-state index contributed by atoms with van der Waals surface area (Å²) in [4.78, 5) is 15.1. The lowest BCUT2D eigenvalue weighted by atomic mass is 10.0. The topological polar surface area (TPSA) is 69.5 Å². The lowest BCUT2D eigenvalue weighted by Gasteiger charge is -2.26. The van der Waals surface area contributed by atoms with E-state index in [-0.39, 0.29) is 24.0 Å². The van der Waals surface area contributed by atoms with Crippen molar-refractivity contribution in [2.24, 2.45) is 0 Å². The lowest BCUT2D eigenvalue weighted by Crippen LogP contribution is -2.45. The molecule has 0 spiro atoms. The van der Waals surface area contributed by atoms with E-state index in [9.17, 15) is 4.79 Å². The van der Waals surface area contributed by atoms with E-state index in [2.05, 4.69) is 49.1 Å². The number of nitrogens with zero attached hydrogens (tertiary/aromatic N) is 1. The predicted molar refractivity (Wildman–Crippen MR) is 107 cm³/mol. The fourth-order valence-electron chi connectivity index (χ4n) is 3.91. The van der Waals surface area contributed by atoms with Crippen LogP contribution in [0.4, 0.5) is 0 Å². The summed E-state index contributed by atoms with van der Waals surface area (Å²) in [5.41, 5.74) is 7.55. The monoisotopic (exact) mass is 432 g/mol. The zero-order chi connectivity index (χ0) is 18.6. The Bertz CT molecular complexity index is 744. The van der Waals surface area contributed by atoms with Gasteiger partial charge in [-0.2, -0.15) is 0 Å². The molecular formula is C20H25BrN4O2. The van der Waals surface area contributed by atoms with Gasteiger partial charge in [0.15, 0.2) is 0 Å². The average molecular weight is 433 g/mol. The molecule has 4 rings (SSSR count). The molecular weight excluding hydrogens is 408 g/mol. The molecule has 1 aromatic heterocycles. The van der Waals surface area contributed by atoms with Crippen molar-refractivity contribution in [3.63, 3.8) is 0 Å². The van der Waals surface area contributed by atoms with Crippen LogP contribution in [0.1, 0.15) is 42.7 Å². The highest BCUT2D eigenvalue weighted by Gasteiger charge is 2.31. The number of nitrogens with one attached hydrogen (secondary N) is 3. The maximum atomic E-state index is 12.7. The second-order valence-electron chi connectivity index (χ2n) is 7.20. The molecule has 2 aliphatic heterocycles. The van der Waals surface area contributed by atoms with Gasteiger partial charge in [0.1, 0.15) is 11.8 Å². The van der Waals surface area contributed by atoms with E-state index in [0.717, 1.165) is 29.7 Å². The first kappa shape index (κ1) is 18.7. The molecule has 3 atom stereocenters. The Labute approximate surface area is 167 Å². The van der Waals surface area contributed by atoms with Crippen LogP contribution < -0.4 is 16.2 Å². The summed E-state index contributed by atoms with van der Waals surface area (Å²) in [6.45, 7) is 2.67. The first-order chi connectivity index (χ1) is 13.2. The number of amides is 1. The van der Waals surface area contributed by atoms with Crippen molar-refractivity contribution in [1.29, 1.82) is 0 Å². The van der Waals surface area contributed by atoms with Gasteiger partial charge in [-0.25, -0.2) is 10.9 Å². The van der Waals surface area contributed by atoms with Gasteiger partial charge in [0.05, 0.1) is 12.3 Å². The van der Waals surface area contributed by atoms with Gasteiger partial charge >= 0.3 is 0 Å². The van der Waals surface area contributed by atoms with E-state index in [0.29, 0.717) is 6.54 Å². The number of furan rings is 1. The molecule has 2 aliphatic rings. The largest absolute Gasteiger partial charge is 0.468 e. The molecule has 3 heterocycles. The molecule has 6 nitrogen and oxygen atoms in total. The fraction of sp³-hybridized carbons (Fsp3) is 0.450. The Balaban J connectivity index is 1.34. The summed E-state index contributed by atoms with van der Waals surface area (Å²) in [5.74, 6) is 0.945. The van der Waals surface area contributed by atoms with Crippen molar-refractivity contribution in [3.05, 3.63) is 58.5 Å². The van der Waals surface area contributed by atoms with Crippen molar-refractivity contribution < 1.29 is 9.21 Å². The quantitative estimate of drug-likeness (QED) is 0.654. The second kappa shape index (κ2) is 8.56. The number of rotatable bonds is 6. The number of hydrogen-bond donors (Lipinski definition) is 3. The molecule has 7 heteroatoms. The van der Waals surface area contributed by atoms with Gasteiger partial charge in [-0.1, -0.05) is 28.1 Å². The van der Waals surface area contributed by atoms with E-state index < -0.39 is 0 Å². The SMILES string of the molecule is O=C(NCC(c1ccco1)N1CCCC1)C1CC(c2ccc(Br)cc2)NN1. The summed E-state index contributed by atoms with van der Waals surface area (Å²) in [7, 11) is 0. The van der Waals surface area contributed by atoms with E-state index in [1.807, 2.05) is 24.3 Å². The third kappa shape index (κ3) is 4.43. The van der Waals surface area contributed by atoms with Crippen molar-refractivity contribution >= 4 is 21.8 Å². The molecule has 0 radical (unpaired) electrons. The van der Waals surface area contributed by atoms with Gasteiger partial charge in [-0.3, -0.25) is 9.69 Å². The maximum absolute atomic E-state index is 12.7. The molecule has 2 fully saturated rings. The van der Waals surface area contributed by atoms with Gasteiger partial charge in [-0.15, -0.1) is 0 Å². The fourth-order valence-corrected chi connectivity index (χ4v) is 4.17. The van der Waals surface area contributed by atoms with Crippen molar-refractivity contribution in [2.75, 3.05) is 19.6 Å². The summed E-state index contributed by atoms with van der Waals surface area (Å²) in [6.07, 6.45) is 4.83. The lowest BCUT2D eigenvalue weighted by molar-refractivity contribution is -0.123. The molecule has 144 valence electrons. The molecule has 2 aromatic rings. The van der Waals surface area contributed by atoms with Crippen LogP contribution in [0.5, 0.6) is 0 Å². The minimum atomic E-state index is -0.241. The minimum Gasteiger partial charge on any atom is -0.468 e. The molecule has 0 aliphatic carbocycles. The normalized spacial score (nSPS) is 24.2. The molecule has 3 unspecified atom stereocenters. The Morgan fingerprint density at radius 3 is 2.70 bits per heavy atom. The van der Waals surface area contributed by atoms with Crippen molar-refractivity contribution in [3.8, 4) is 0 Å². The van der Waals surface area contributed by atoms with E-state index in [1.54, 1.807) is 6.26 Å². The van der Waals surface area contributed by atoms with Crippen molar-refractivity contribution in [1.82, 2.24) is 21.1 Å². The first-order valence-electron chi connectivity index (χ1n) is 9.52. The van der Waals surface area contributed by atoms with Crippen LogP contribution in [-0.2, 0) is 4.79 Å². The second-order valence-corrected chi connectivity index (χ2v) is 8.12. The molecule has 2 saturated heterocycles. The molecule has 0 saturated carbocycles. The maximum Gasteiger partial charge on any atom is 0.238 e. The van der Waals surface area contributed by atoms with E-state index in [4.69, 9.17) is 4.42 Å². The van der Waals surface area contributed by atoms with Gasteiger partial charge in [0.25, 0.3) is 0 Å². The Kier molecular flexibility index (Phi) is 5.92. The van der Waals surface area contributed by atoms with Crippen LogP contribution in [0.2, 0.25) is 0 Å². The van der Waals surface area contributed by atoms with Crippen LogP contribution in [-0.4, -0.2) is 36.5 Å². The first-order valence-corrected chi connectivity index (χ1v) is 10.3. The van der Waals surface area contributed by atoms with Gasteiger partial charge in [-0.05, 0) is 62.2 Å². The molecule has 3 N–H and O–H groups in total. The van der Waals surface area contributed by atoms with Crippen LogP contribution in [0.25, 0.3) is 0 Å². The highest BCUT2D eigenvalue weighted by molar-refractivity contribution is 9.10. The number of likely N-dealkylation sites (tertiary alicyclic amines) is 1. The number of carbonyl (C=O) groups is 1. The minimum absolute atomic E-state index is 0.0258. The van der Waals surface area contributed by atoms with Gasteiger partial charge < -0.3 is 9.73 Å². The highest BCUT2D eigenvalue weighted by Crippen LogP contribution is 2.26. The Morgan fingerprint density at radius 2 is 2.00 bits per heavy atom. The van der Waals surface area contributed by atoms with E-state index >= 15 is 0 Å². The Morgan fingerprint density at radius 1 is 1.22 bits per heavy atom. The number of carbonyl (C=O) groups excluding carboxylic acids is 1. The number of hydrazine groups is 1. The summed E-state index contributed by atoms with van der Waals surface area (Å²) in [5, 5.41) is 3.12. The van der Waals surface area contributed by atoms with Crippen LogP contribution in [0.15, 0.2) is 51.6 Å². The average Bonchev–Trinajstić information content (AvgIpc) is 3.44. The number of halogens is 1. The van der Waals surface area contributed by atoms with Gasteiger partial charge in [0, 0.05) is 17.1 Å². The Hall–Kier alpha value is -1.67. The van der Waals surface area contributed by atoms with Gasteiger partial charge in [0.2, 0.25) is 5.91 Å². The molecule has 1 aromatic carbocycles. The zero-order valence-electron chi connectivity index (χ0n) is 15.2. The van der Waals surface area contributed by atoms with E-state index in [1.165, 1.54) is 18.4 Å². The zero-order valence-corrected chi connectivity index (χ0v) is 16.7. The predicted octanol–water partition coefficient (Wildman–Crippen LogP) is 2.90. The standard InChI is InChI=1S/C20H25BrN4O2/c21-15-7-5-14(6-8-15)16-12-17(24-23-16)20(26)22-13-18(19-4-3-11-27-19)25-9-1-2-10-25/h3-8,11,16-18,23-24H,1-2,9-10,12-13H2,(H,22,26). The third-order valence-corrected chi connectivity index (χ3v) is 5.94. The molecule has 27 heavy (non-hydrogen) atoms. The smallest absolute Gasteiger partial charge is 0.238 e. The summed E-state index contributed by atoms with van der Waals surface area (Å²) >= 11 is 3.46. The molecule has 1 amide bonds. The van der Waals surface area contributed by atoms with Crippen molar-refractivity contribution in [2.45, 2.75) is 37.4 Å². The summed E-state index contributed by atoms with van der Waals surface area (Å²) in [6, 6.07) is 12.1. The van der Waals surface area contributed by atoms with Crippen LogP contribution in [0.3, 0.4) is 0 Å². The van der Waals surface area contributed by atoms with Crippen LogP contribution >= 0.6 is 15.9 Å². The number of hydrogen-bond acceptors (Lipinski definition) is 5. The van der Waals surface area contributed by atoms with Crippen LogP contribution in [0, 0.1) is 0 Å². The highest BCUT2D eigenvalue weighted by atomic mass is 79.9. The third-order valence-electron chi connectivity index (χ3n) is 5.41. The number of benzene rings is 1. The molecule has 0 bridgehead atoms. The summed E-state index contributed by atoms with van der Waals surface area (Å²) < 4.78 is 6.68.